The third-order valence-electron chi connectivity index (χ3n) is 4.13. The molecule has 2 amide bonds. The fourth-order valence-corrected chi connectivity index (χ4v) is 2.92. The zero-order valence-corrected chi connectivity index (χ0v) is 14.9. The largest absolute Gasteiger partial charge is 0.481 e. The molecule has 0 fully saturated rings. The number of rotatable bonds is 5. The Hall–Kier alpha value is -3.03. The van der Waals surface area contributed by atoms with Crippen LogP contribution in [0, 0.1) is 0 Å². The molecule has 1 aliphatic rings. The van der Waals surface area contributed by atoms with E-state index in [-0.39, 0.29) is 18.4 Å². The number of carbonyl (C=O) groups excluding carboxylic acids is 2. The van der Waals surface area contributed by atoms with Crippen molar-refractivity contribution in [3.8, 4) is 0 Å². The molecule has 4 N–H and O–H groups in total. The van der Waals surface area contributed by atoms with E-state index in [4.69, 9.17) is 15.6 Å². The minimum atomic E-state index is -0.975. The quantitative estimate of drug-likeness (QED) is 0.682. The fraction of sp³-hybridized carbons (Fsp3) is 0.250. The number of fused-ring (bicyclic) bond motifs is 1. The Kier molecular flexibility index (Phi) is 6.81. The standard InChI is InChI=1S/C18H18N2O3.C2H4O2/c19-11-16(21)15(10-12-6-2-1-3-7-12)20-17(22)13-8-4-5-9-14(13)18(20)23;1-2(3)4/h1-9,15-16,21H,10-11,19H2;1H3,(H,3,4)/t15-,16+;/m0./s1. The number of carboxylic acids is 1. The summed E-state index contributed by atoms with van der Waals surface area (Å²) in [5.41, 5.74) is 7.27. The van der Waals surface area contributed by atoms with Crippen LogP contribution in [0.4, 0.5) is 0 Å². The van der Waals surface area contributed by atoms with E-state index in [0.29, 0.717) is 17.5 Å². The van der Waals surface area contributed by atoms with Gasteiger partial charge in [-0.25, -0.2) is 0 Å². The second-order valence-electron chi connectivity index (χ2n) is 6.11. The third kappa shape index (κ3) is 4.78. The maximum atomic E-state index is 12.6. The Labute approximate surface area is 157 Å². The van der Waals surface area contributed by atoms with Gasteiger partial charge in [-0.3, -0.25) is 19.3 Å². The lowest BCUT2D eigenvalue weighted by molar-refractivity contribution is -0.134. The molecule has 7 nitrogen and oxygen atoms in total. The van der Waals surface area contributed by atoms with Gasteiger partial charge in [-0.1, -0.05) is 42.5 Å². The molecule has 1 aliphatic heterocycles. The van der Waals surface area contributed by atoms with Crippen molar-refractivity contribution in [1.29, 1.82) is 0 Å². The average molecular weight is 370 g/mol. The van der Waals surface area contributed by atoms with Gasteiger partial charge in [-0.2, -0.15) is 0 Å². The summed E-state index contributed by atoms with van der Waals surface area (Å²) in [5.74, 6) is -1.59. The SMILES string of the molecule is CC(=O)O.NC[C@@H](O)[C@H](Cc1ccccc1)N1C(=O)c2ccccc2C1=O. The summed E-state index contributed by atoms with van der Waals surface area (Å²) in [6.45, 7) is 1.06. The highest BCUT2D eigenvalue weighted by Gasteiger charge is 2.41. The van der Waals surface area contributed by atoms with Crippen molar-refractivity contribution in [3.63, 3.8) is 0 Å². The van der Waals surface area contributed by atoms with E-state index in [1.807, 2.05) is 30.3 Å². The van der Waals surface area contributed by atoms with Crippen molar-refractivity contribution in [1.82, 2.24) is 4.90 Å². The molecule has 142 valence electrons. The fourth-order valence-electron chi connectivity index (χ4n) is 2.92. The van der Waals surface area contributed by atoms with Crippen molar-refractivity contribution >= 4 is 17.8 Å². The number of nitrogens with two attached hydrogens (primary N) is 1. The lowest BCUT2D eigenvalue weighted by atomic mass is 9.99. The molecule has 2 atom stereocenters. The molecule has 0 saturated heterocycles. The van der Waals surface area contributed by atoms with Gasteiger partial charge in [0.25, 0.3) is 17.8 Å². The molecular formula is C20H22N2O5. The van der Waals surface area contributed by atoms with Crippen LogP contribution in [0.3, 0.4) is 0 Å². The number of carboxylic acid groups (broad SMARTS) is 1. The maximum absolute atomic E-state index is 12.6. The molecule has 0 aliphatic carbocycles. The molecule has 0 spiro atoms. The van der Waals surface area contributed by atoms with E-state index in [9.17, 15) is 14.7 Å². The van der Waals surface area contributed by atoms with Gasteiger partial charge in [0.15, 0.2) is 0 Å². The van der Waals surface area contributed by atoms with E-state index in [1.165, 1.54) is 0 Å². The number of hydrogen-bond acceptors (Lipinski definition) is 5. The summed E-state index contributed by atoms with van der Waals surface area (Å²) in [4.78, 5) is 35.4. The van der Waals surface area contributed by atoms with Crippen molar-refractivity contribution < 1.29 is 24.6 Å². The number of carbonyl (C=O) groups is 3. The smallest absolute Gasteiger partial charge is 0.300 e. The molecular weight excluding hydrogens is 348 g/mol. The van der Waals surface area contributed by atoms with Crippen LogP contribution >= 0.6 is 0 Å². The predicted molar refractivity (Wildman–Crippen MR) is 99.2 cm³/mol. The number of benzene rings is 2. The molecule has 1 heterocycles. The average Bonchev–Trinajstić information content (AvgIpc) is 2.91. The van der Waals surface area contributed by atoms with E-state index in [1.54, 1.807) is 24.3 Å². The molecule has 0 saturated carbocycles. The lowest BCUT2D eigenvalue weighted by Gasteiger charge is -2.30. The molecule has 27 heavy (non-hydrogen) atoms. The van der Waals surface area contributed by atoms with Gasteiger partial charge in [0.1, 0.15) is 0 Å². The molecule has 2 aromatic rings. The monoisotopic (exact) mass is 370 g/mol. The molecule has 7 heteroatoms. The van der Waals surface area contributed by atoms with Gasteiger partial charge in [0.2, 0.25) is 0 Å². The molecule has 0 bridgehead atoms. The van der Waals surface area contributed by atoms with Crippen molar-refractivity contribution in [2.45, 2.75) is 25.5 Å². The summed E-state index contributed by atoms with van der Waals surface area (Å²) in [6, 6.07) is 15.5. The van der Waals surface area contributed by atoms with Gasteiger partial charge < -0.3 is 15.9 Å². The van der Waals surface area contributed by atoms with Crippen molar-refractivity contribution in [2.24, 2.45) is 5.73 Å². The Bertz CT molecular complexity index is 783. The molecule has 3 rings (SSSR count). The zero-order chi connectivity index (χ0) is 20.0. The van der Waals surface area contributed by atoms with Crippen LogP contribution in [-0.4, -0.2) is 51.6 Å². The number of hydrogen-bond donors (Lipinski definition) is 3. The number of aliphatic hydroxyl groups is 1. The summed E-state index contributed by atoms with van der Waals surface area (Å²) >= 11 is 0. The van der Waals surface area contributed by atoms with E-state index >= 15 is 0 Å². The first kappa shape index (κ1) is 20.3. The first-order valence-electron chi connectivity index (χ1n) is 8.45. The Morgan fingerprint density at radius 3 is 1.89 bits per heavy atom. The van der Waals surface area contributed by atoms with Gasteiger partial charge >= 0.3 is 0 Å². The number of nitrogens with zero attached hydrogens (tertiary/aromatic N) is 1. The van der Waals surface area contributed by atoms with Crippen LogP contribution < -0.4 is 5.73 Å². The van der Waals surface area contributed by atoms with Crippen LogP contribution in [0.1, 0.15) is 33.2 Å². The van der Waals surface area contributed by atoms with E-state index in [2.05, 4.69) is 0 Å². The van der Waals surface area contributed by atoms with Crippen LogP contribution in [0.15, 0.2) is 54.6 Å². The Morgan fingerprint density at radius 1 is 1.00 bits per heavy atom. The third-order valence-corrected chi connectivity index (χ3v) is 4.13. The van der Waals surface area contributed by atoms with Crippen molar-refractivity contribution in [3.05, 3.63) is 71.3 Å². The predicted octanol–water partition coefficient (Wildman–Crippen LogP) is 1.30. The highest BCUT2D eigenvalue weighted by molar-refractivity contribution is 6.21. The molecule has 0 unspecified atom stereocenters. The maximum Gasteiger partial charge on any atom is 0.300 e. The molecule has 0 radical (unpaired) electrons. The summed E-state index contributed by atoms with van der Waals surface area (Å²) < 4.78 is 0. The highest BCUT2D eigenvalue weighted by atomic mass is 16.4. The van der Waals surface area contributed by atoms with E-state index in [0.717, 1.165) is 17.4 Å². The van der Waals surface area contributed by atoms with Gasteiger partial charge in [-0.05, 0) is 24.1 Å². The lowest BCUT2D eigenvalue weighted by Crippen LogP contribution is -2.50. The van der Waals surface area contributed by atoms with Crippen LogP contribution in [-0.2, 0) is 11.2 Å². The summed E-state index contributed by atoms with van der Waals surface area (Å²) in [7, 11) is 0. The zero-order valence-electron chi connectivity index (χ0n) is 14.9. The molecule has 2 aromatic carbocycles. The topological polar surface area (TPSA) is 121 Å². The van der Waals surface area contributed by atoms with Gasteiger partial charge in [-0.15, -0.1) is 0 Å². The minimum Gasteiger partial charge on any atom is -0.481 e. The van der Waals surface area contributed by atoms with Gasteiger partial charge in [0.05, 0.1) is 23.3 Å². The summed E-state index contributed by atoms with van der Waals surface area (Å²) in [5, 5.41) is 17.7. The first-order chi connectivity index (χ1) is 12.9. The second kappa shape index (κ2) is 9.07. The van der Waals surface area contributed by atoms with Crippen LogP contribution in [0.2, 0.25) is 0 Å². The van der Waals surface area contributed by atoms with E-state index < -0.39 is 18.1 Å². The van der Waals surface area contributed by atoms with Gasteiger partial charge in [0, 0.05) is 13.5 Å². The first-order valence-corrected chi connectivity index (χ1v) is 8.45. The number of aliphatic hydroxyl groups excluding tert-OH is 1. The van der Waals surface area contributed by atoms with Crippen LogP contribution in [0.5, 0.6) is 0 Å². The molecule has 0 aromatic heterocycles. The van der Waals surface area contributed by atoms with Crippen LogP contribution in [0.25, 0.3) is 0 Å². The highest BCUT2D eigenvalue weighted by Crippen LogP contribution is 2.27. The Morgan fingerprint density at radius 2 is 1.44 bits per heavy atom. The van der Waals surface area contributed by atoms with Crippen molar-refractivity contribution in [2.75, 3.05) is 6.54 Å². The number of aliphatic carboxylic acids is 1. The Balaban J connectivity index is 0.000000596. The second-order valence-corrected chi connectivity index (χ2v) is 6.11. The summed E-state index contributed by atoms with van der Waals surface area (Å²) in [6.07, 6.45) is -0.609. The minimum absolute atomic E-state index is 0.0229. The normalized spacial score (nSPS) is 14.9. The number of amides is 2. The number of imide groups is 1.